The predicted molar refractivity (Wildman–Crippen MR) is 58.1 cm³/mol. The zero-order valence-corrected chi connectivity index (χ0v) is 8.77. The molecule has 0 saturated carbocycles. The van der Waals surface area contributed by atoms with Gasteiger partial charge in [-0.2, -0.15) is 0 Å². The standard InChI is InChI=1S/C10H15N3O2/c1-3-4-11-9-7-10(13-8-12-9)15-6-5-14-2/h3,7-8H,1,4-6H2,2H3,(H,11,12,13). The minimum Gasteiger partial charge on any atom is -0.475 e. The monoisotopic (exact) mass is 209 g/mol. The van der Waals surface area contributed by atoms with Crippen molar-refractivity contribution in [3.63, 3.8) is 0 Å². The van der Waals surface area contributed by atoms with Crippen LogP contribution in [0.15, 0.2) is 25.0 Å². The van der Waals surface area contributed by atoms with E-state index in [0.29, 0.717) is 25.6 Å². The summed E-state index contributed by atoms with van der Waals surface area (Å²) in [6.07, 6.45) is 3.21. The first-order valence-corrected chi connectivity index (χ1v) is 4.65. The molecular weight excluding hydrogens is 194 g/mol. The molecule has 82 valence electrons. The fourth-order valence-electron chi connectivity index (χ4n) is 0.921. The molecule has 15 heavy (non-hydrogen) atoms. The van der Waals surface area contributed by atoms with Crippen LogP contribution in [0.3, 0.4) is 0 Å². The molecule has 0 radical (unpaired) electrons. The predicted octanol–water partition coefficient (Wildman–Crippen LogP) is 1.10. The average molecular weight is 209 g/mol. The highest BCUT2D eigenvalue weighted by Gasteiger charge is 1.98. The Bertz CT molecular complexity index is 304. The lowest BCUT2D eigenvalue weighted by Crippen LogP contribution is -2.06. The van der Waals surface area contributed by atoms with Gasteiger partial charge in [0.25, 0.3) is 0 Å². The van der Waals surface area contributed by atoms with Gasteiger partial charge in [-0.05, 0) is 0 Å². The minimum absolute atomic E-state index is 0.481. The van der Waals surface area contributed by atoms with Gasteiger partial charge >= 0.3 is 0 Å². The number of anilines is 1. The van der Waals surface area contributed by atoms with Crippen molar-refractivity contribution >= 4 is 5.82 Å². The second kappa shape index (κ2) is 6.78. The fraction of sp³-hybridized carbons (Fsp3) is 0.400. The lowest BCUT2D eigenvalue weighted by Gasteiger charge is -2.06. The maximum atomic E-state index is 5.33. The van der Waals surface area contributed by atoms with Crippen LogP contribution in [0.5, 0.6) is 5.88 Å². The molecule has 0 aliphatic heterocycles. The van der Waals surface area contributed by atoms with Gasteiger partial charge in [0.1, 0.15) is 18.8 Å². The number of aromatic nitrogens is 2. The topological polar surface area (TPSA) is 56.3 Å². The third-order valence-electron chi connectivity index (χ3n) is 1.61. The summed E-state index contributed by atoms with van der Waals surface area (Å²) in [6, 6.07) is 1.74. The van der Waals surface area contributed by atoms with Crippen molar-refractivity contribution in [2.24, 2.45) is 0 Å². The Balaban J connectivity index is 2.46. The van der Waals surface area contributed by atoms with E-state index in [0.717, 1.165) is 5.82 Å². The molecule has 0 unspecified atom stereocenters. The Morgan fingerprint density at radius 1 is 1.47 bits per heavy atom. The van der Waals surface area contributed by atoms with Crippen molar-refractivity contribution in [3.8, 4) is 5.88 Å². The first kappa shape index (κ1) is 11.5. The smallest absolute Gasteiger partial charge is 0.218 e. The SMILES string of the molecule is C=CCNc1cc(OCCOC)ncn1. The van der Waals surface area contributed by atoms with Crippen molar-refractivity contribution in [1.29, 1.82) is 0 Å². The van der Waals surface area contributed by atoms with Crippen molar-refractivity contribution in [1.82, 2.24) is 9.97 Å². The summed E-state index contributed by atoms with van der Waals surface area (Å²) in [5.74, 6) is 1.26. The third-order valence-corrected chi connectivity index (χ3v) is 1.61. The Kier molecular flexibility index (Phi) is 5.18. The van der Waals surface area contributed by atoms with Gasteiger partial charge in [-0.1, -0.05) is 6.08 Å². The highest BCUT2D eigenvalue weighted by atomic mass is 16.5. The molecule has 0 bridgehead atoms. The Labute approximate surface area is 89.1 Å². The van der Waals surface area contributed by atoms with E-state index in [1.54, 1.807) is 19.3 Å². The normalized spacial score (nSPS) is 9.67. The molecule has 0 fully saturated rings. The van der Waals surface area contributed by atoms with Crippen LogP contribution in [-0.2, 0) is 4.74 Å². The van der Waals surface area contributed by atoms with Gasteiger partial charge in [-0.15, -0.1) is 6.58 Å². The molecule has 0 aliphatic carbocycles. The van der Waals surface area contributed by atoms with Crippen LogP contribution in [0.25, 0.3) is 0 Å². The molecule has 0 saturated heterocycles. The summed E-state index contributed by atoms with van der Waals surface area (Å²) in [7, 11) is 1.63. The van der Waals surface area contributed by atoms with Crippen LogP contribution < -0.4 is 10.1 Å². The fourth-order valence-corrected chi connectivity index (χ4v) is 0.921. The molecular formula is C10H15N3O2. The number of rotatable bonds is 7. The highest BCUT2D eigenvalue weighted by molar-refractivity contribution is 5.37. The molecule has 0 spiro atoms. The summed E-state index contributed by atoms with van der Waals surface area (Å²) in [6.45, 7) is 5.29. The van der Waals surface area contributed by atoms with Crippen LogP contribution in [0, 0.1) is 0 Å². The maximum Gasteiger partial charge on any atom is 0.218 e. The van der Waals surface area contributed by atoms with Crippen molar-refractivity contribution in [3.05, 3.63) is 25.0 Å². The minimum atomic E-state index is 0.481. The van der Waals surface area contributed by atoms with Gasteiger partial charge in [-0.3, -0.25) is 0 Å². The van der Waals surface area contributed by atoms with E-state index in [4.69, 9.17) is 9.47 Å². The number of methoxy groups -OCH3 is 1. The number of nitrogens with one attached hydrogen (secondary N) is 1. The molecule has 0 aromatic carbocycles. The van der Waals surface area contributed by atoms with E-state index in [9.17, 15) is 0 Å². The van der Waals surface area contributed by atoms with Gasteiger partial charge in [0, 0.05) is 19.7 Å². The summed E-state index contributed by atoms with van der Waals surface area (Å²) in [4.78, 5) is 7.99. The largest absolute Gasteiger partial charge is 0.475 e. The molecule has 1 aromatic rings. The highest BCUT2D eigenvalue weighted by Crippen LogP contribution is 2.10. The molecule has 5 nitrogen and oxygen atoms in total. The van der Waals surface area contributed by atoms with Crippen LogP contribution in [-0.4, -0.2) is 36.8 Å². The van der Waals surface area contributed by atoms with E-state index < -0.39 is 0 Å². The van der Waals surface area contributed by atoms with Crippen LogP contribution in [0.1, 0.15) is 0 Å². The van der Waals surface area contributed by atoms with Crippen LogP contribution in [0.4, 0.5) is 5.82 Å². The number of hydrogen-bond donors (Lipinski definition) is 1. The van der Waals surface area contributed by atoms with E-state index in [1.165, 1.54) is 6.33 Å². The molecule has 1 N–H and O–H groups in total. The van der Waals surface area contributed by atoms with Crippen LogP contribution in [0.2, 0.25) is 0 Å². The van der Waals surface area contributed by atoms with E-state index in [2.05, 4.69) is 21.9 Å². The first-order chi connectivity index (χ1) is 7.36. The number of ether oxygens (including phenoxy) is 2. The van der Waals surface area contributed by atoms with Gasteiger partial charge in [-0.25, -0.2) is 9.97 Å². The zero-order valence-electron chi connectivity index (χ0n) is 8.77. The van der Waals surface area contributed by atoms with E-state index >= 15 is 0 Å². The third kappa shape index (κ3) is 4.42. The van der Waals surface area contributed by atoms with Crippen molar-refractivity contribution < 1.29 is 9.47 Å². The van der Waals surface area contributed by atoms with Gasteiger partial charge < -0.3 is 14.8 Å². The Hall–Kier alpha value is -1.62. The van der Waals surface area contributed by atoms with Gasteiger partial charge in [0.05, 0.1) is 6.61 Å². The summed E-state index contributed by atoms with van der Waals surface area (Å²) >= 11 is 0. The lowest BCUT2D eigenvalue weighted by atomic mass is 10.5. The zero-order chi connectivity index (χ0) is 10.9. The average Bonchev–Trinajstić information content (AvgIpc) is 2.27. The number of nitrogens with zero attached hydrogens (tertiary/aromatic N) is 2. The maximum absolute atomic E-state index is 5.33. The molecule has 1 aromatic heterocycles. The van der Waals surface area contributed by atoms with Crippen molar-refractivity contribution in [2.45, 2.75) is 0 Å². The molecule has 0 aliphatic rings. The van der Waals surface area contributed by atoms with Crippen LogP contribution >= 0.6 is 0 Å². The van der Waals surface area contributed by atoms with E-state index in [1.807, 2.05) is 0 Å². The van der Waals surface area contributed by atoms with Gasteiger partial charge in [0.15, 0.2) is 0 Å². The van der Waals surface area contributed by atoms with Crippen molar-refractivity contribution in [2.75, 3.05) is 32.2 Å². The molecule has 0 amide bonds. The summed E-state index contributed by atoms with van der Waals surface area (Å²) < 4.78 is 10.2. The molecule has 0 atom stereocenters. The summed E-state index contributed by atoms with van der Waals surface area (Å²) in [5, 5.41) is 3.04. The second-order valence-electron chi connectivity index (χ2n) is 2.75. The van der Waals surface area contributed by atoms with Gasteiger partial charge in [0.2, 0.25) is 5.88 Å². The number of hydrogen-bond acceptors (Lipinski definition) is 5. The summed E-state index contributed by atoms with van der Waals surface area (Å²) in [5.41, 5.74) is 0. The first-order valence-electron chi connectivity index (χ1n) is 4.65. The Morgan fingerprint density at radius 2 is 2.33 bits per heavy atom. The Morgan fingerprint density at radius 3 is 3.07 bits per heavy atom. The van der Waals surface area contributed by atoms with E-state index in [-0.39, 0.29) is 0 Å². The molecule has 5 heteroatoms. The lowest BCUT2D eigenvalue weighted by molar-refractivity contribution is 0.143. The second-order valence-corrected chi connectivity index (χ2v) is 2.75. The molecule has 1 rings (SSSR count). The quantitative estimate of drug-likeness (QED) is 0.538. The molecule has 1 heterocycles.